The molecule has 0 spiro atoms. The molecule has 9 nitrogen and oxygen atoms in total. The van der Waals surface area contributed by atoms with Crippen LogP contribution in [0.3, 0.4) is 0 Å². The summed E-state index contributed by atoms with van der Waals surface area (Å²) in [6, 6.07) is 1.61. The lowest BCUT2D eigenvalue weighted by atomic mass is 10.3. The minimum Gasteiger partial charge on any atom is -0.461 e. The summed E-state index contributed by atoms with van der Waals surface area (Å²) < 4.78 is 8.30. The first-order valence-electron chi connectivity index (χ1n) is 8.08. The number of hydrogen-bond donors (Lipinski definition) is 0. The third kappa shape index (κ3) is 2.90. The maximum atomic E-state index is 12.8. The molecule has 10 heteroatoms. The summed E-state index contributed by atoms with van der Waals surface area (Å²) in [5.74, 6) is -0.0493. The molecule has 0 aromatic carbocycles. The molecule has 0 unspecified atom stereocenters. The molecular weight excluding hydrogens is 360 g/mol. The van der Waals surface area contributed by atoms with Crippen LogP contribution in [0.1, 0.15) is 33.7 Å². The van der Waals surface area contributed by atoms with Crippen molar-refractivity contribution in [2.75, 3.05) is 13.2 Å². The van der Waals surface area contributed by atoms with Gasteiger partial charge in [0.1, 0.15) is 5.82 Å². The number of halogens is 1. The summed E-state index contributed by atoms with van der Waals surface area (Å²) in [7, 11) is 0. The minimum absolute atomic E-state index is 0.224. The smallest absolute Gasteiger partial charge is 0.358 e. The molecule has 26 heavy (non-hydrogen) atoms. The summed E-state index contributed by atoms with van der Waals surface area (Å²) in [5, 5.41) is 4.68. The first-order valence-corrected chi connectivity index (χ1v) is 8.46. The van der Waals surface area contributed by atoms with E-state index in [1.807, 2.05) is 4.57 Å². The number of imidazole rings is 1. The van der Waals surface area contributed by atoms with Crippen molar-refractivity contribution in [3.8, 4) is 0 Å². The maximum Gasteiger partial charge on any atom is 0.358 e. The van der Waals surface area contributed by atoms with Crippen molar-refractivity contribution in [3.05, 3.63) is 46.9 Å². The van der Waals surface area contributed by atoms with E-state index in [4.69, 9.17) is 16.3 Å². The van der Waals surface area contributed by atoms with Gasteiger partial charge in [-0.1, -0.05) is 11.6 Å². The lowest BCUT2D eigenvalue weighted by Gasteiger charge is -2.26. The number of carbonyl (C=O) groups is 2. The fourth-order valence-electron chi connectivity index (χ4n) is 2.85. The molecule has 0 fully saturated rings. The number of nitrogens with zero attached hydrogens (tertiary/aromatic N) is 6. The molecule has 1 aliphatic heterocycles. The van der Waals surface area contributed by atoms with E-state index < -0.39 is 5.97 Å². The molecule has 134 valence electrons. The van der Waals surface area contributed by atoms with Gasteiger partial charge in [0.2, 0.25) is 0 Å². The van der Waals surface area contributed by atoms with Gasteiger partial charge >= 0.3 is 5.97 Å². The molecule has 3 aromatic heterocycles. The molecule has 0 N–H and O–H groups in total. The maximum absolute atomic E-state index is 12.8. The molecule has 0 saturated heterocycles. The third-order valence-electron chi connectivity index (χ3n) is 4.07. The summed E-state index contributed by atoms with van der Waals surface area (Å²) in [5.41, 5.74) is 1.08. The van der Waals surface area contributed by atoms with Gasteiger partial charge in [-0.15, -0.1) is 0 Å². The monoisotopic (exact) mass is 374 g/mol. The Morgan fingerprint density at radius 2 is 2.12 bits per heavy atom. The van der Waals surface area contributed by atoms with Gasteiger partial charge in [0.05, 0.1) is 24.4 Å². The van der Waals surface area contributed by atoms with E-state index in [9.17, 15) is 9.59 Å². The fraction of sp³-hybridized carbons (Fsp3) is 0.312. The second-order valence-electron chi connectivity index (χ2n) is 5.79. The van der Waals surface area contributed by atoms with Crippen molar-refractivity contribution in [3.63, 3.8) is 0 Å². The van der Waals surface area contributed by atoms with Crippen molar-refractivity contribution in [2.45, 2.75) is 20.0 Å². The summed E-state index contributed by atoms with van der Waals surface area (Å²) >= 11 is 5.90. The van der Waals surface area contributed by atoms with Crippen molar-refractivity contribution in [1.29, 1.82) is 0 Å². The van der Waals surface area contributed by atoms with Crippen molar-refractivity contribution < 1.29 is 14.3 Å². The van der Waals surface area contributed by atoms with E-state index >= 15 is 0 Å². The van der Waals surface area contributed by atoms with E-state index in [0.29, 0.717) is 36.1 Å². The first-order chi connectivity index (χ1) is 12.5. The molecule has 4 rings (SSSR count). The Hall–Kier alpha value is -2.94. The molecule has 0 radical (unpaired) electrons. The van der Waals surface area contributed by atoms with E-state index in [1.54, 1.807) is 30.3 Å². The molecule has 1 aliphatic rings. The largest absolute Gasteiger partial charge is 0.461 e. The number of amides is 1. The highest BCUT2D eigenvalue weighted by Gasteiger charge is 2.26. The molecule has 0 atom stereocenters. The second kappa shape index (κ2) is 6.41. The standard InChI is InChI=1S/C16H15ClN6O3/c1-2-26-16(25)12-8-21-3-4-22(9-14(21)19-12)15(24)11-5-13-18-6-10(17)7-23(13)20-11/h5-8H,2-4,9H2,1H3. The minimum atomic E-state index is -0.462. The van der Waals surface area contributed by atoms with Gasteiger partial charge in [-0.25, -0.2) is 19.3 Å². The highest BCUT2D eigenvalue weighted by atomic mass is 35.5. The lowest BCUT2D eigenvalue weighted by molar-refractivity contribution is 0.0519. The second-order valence-corrected chi connectivity index (χ2v) is 6.22. The van der Waals surface area contributed by atoms with Crippen LogP contribution in [-0.2, 0) is 17.8 Å². The quantitative estimate of drug-likeness (QED) is 0.643. The van der Waals surface area contributed by atoms with Crippen LogP contribution in [0, 0.1) is 0 Å². The fourth-order valence-corrected chi connectivity index (χ4v) is 2.99. The summed E-state index contributed by atoms with van der Waals surface area (Å²) in [6.45, 7) is 3.36. The highest BCUT2D eigenvalue weighted by Crippen LogP contribution is 2.17. The number of ether oxygens (including phenoxy) is 1. The van der Waals surface area contributed by atoms with Gasteiger partial charge in [-0.3, -0.25) is 4.79 Å². The average molecular weight is 375 g/mol. The lowest BCUT2D eigenvalue weighted by Crippen LogP contribution is -2.38. The van der Waals surface area contributed by atoms with Crippen LogP contribution in [0.4, 0.5) is 0 Å². The third-order valence-corrected chi connectivity index (χ3v) is 4.27. The molecule has 3 aromatic rings. The zero-order chi connectivity index (χ0) is 18.3. The van der Waals surface area contributed by atoms with Gasteiger partial charge in [0.15, 0.2) is 17.0 Å². The summed E-state index contributed by atoms with van der Waals surface area (Å²) in [4.78, 5) is 34.6. The Labute approximate surface area is 153 Å². The van der Waals surface area contributed by atoms with Crippen molar-refractivity contribution in [2.24, 2.45) is 0 Å². The molecule has 4 heterocycles. The number of aromatic nitrogens is 5. The normalized spacial score (nSPS) is 13.7. The number of esters is 1. The van der Waals surface area contributed by atoms with Crippen LogP contribution in [0.25, 0.3) is 5.65 Å². The zero-order valence-corrected chi connectivity index (χ0v) is 14.7. The van der Waals surface area contributed by atoms with Crippen LogP contribution >= 0.6 is 11.6 Å². The van der Waals surface area contributed by atoms with Crippen LogP contribution < -0.4 is 0 Å². The number of hydrogen-bond acceptors (Lipinski definition) is 6. The zero-order valence-electron chi connectivity index (χ0n) is 13.9. The van der Waals surface area contributed by atoms with Gasteiger partial charge in [0, 0.05) is 31.5 Å². The Morgan fingerprint density at radius 1 is 1.27 bits per heavy atom. The van der Waals surface area contributed by atoms with Crippen LogP contribution in [0.2, 0.25) is 5.02 Å². The molecule has 1 amide bonds. The van der Waals surface area contributed by atoms with Gasteiger partial charge < -0.3 is 14.2 Å². The number of rotatable bonds is 3. The van der Waals surface area contributed by atoms with E-state index in [0.717, 1.165) is 0 Å². The molecule has 0 aliphatic carbocycles. The Morgan fingerprint density at radius 3 is 2.92 bits per heavy atom. The highest BCUT2D eigenvalue weighted by molar-refractivity contribution is 6.30. The van der Waals surface area contributed by atoms with E-state index in [2.05, 4.69) is 15.1 Å². The predicted octanol–water partition coefficient (Wildman–Crippen LogP) is 1.41. The van der Waals surface area contributed by atoms with Crippen molar-refractivity contribution in [1.82, 2.24) is 29.0 Å². The topological polar surface area (TPSA) is 94.6 Å². The SMILES string of the molecule is CCOC(=O)c1cn2c(n1)CN(C(=O)c1cc3ncc(Cl)cn3n1)CC2. The van der Waals surface area contributed by atoms with Gasteiger partial charge in [-0.2, -0.15) is 5.10 Å². The van der Waals surface area contributed by atoms with E-state index in [-0.39, 0.29) is 23.9 Å². The Bertz CT molecular complexity index is 1010. The van der Waals surface area contributed by atoms with E-state index in [1.165, 1.54) is 10.7 Å². The predicted molar refractivity (Wildman–Crippen MR) is 90.9 cm³/mol. The van der Waals surface area contributed by atoms with Crippen LogP contribution in [-0.4, -0.2) is 54.1 Å². The van der Waals surface area contributed by atoms with Crippen LogP contribution in [0.5, 0.6) is 0 Å². The van der Waals surface area contributed by atoms with Crippen LogP contribution in [0.15, 0.2) is 24.7 Å². The first kappa shape index (κ1) is 16.5. The molecule has 0 bridgehead atoms. The van der Waals surface area contributed by atoms with Crippen molar-refractivity contribution >= 4 is 29.1 Å². The Balaban J connectivity index is 1.55. The van der Waals surface area contributed by atoms with Gasteiger partial charge in [0.25, 0.3) is 5.91 Å². The number of carbonyl (C=O) groups excluding carboxylic acids is 2. The Kier molecular flexibility index (Phi) is 4.08. The molecular formula is C16H15ClN6O3. The summed E-state index contributed by atoms with van der Waals surface area (Å²) in [6.07, 6.45) is 4.75. The van der Waals surface area contributed by atoms with Gasteiger partial charge in [-0.05, 0) is 6.92 Å². The molecule has 0 saturated carbocycles. The number of fused-ring (bicyclic) bond motifs is 2. The average Bonchev–Trinajstić information content (AvgIpc) is 3.24.